The molecular formula is C26H22ClF3N2O. The van der Waals surface area contributed by atoms with E-state index in [-0.39, 0.29) is 11.7 Å². The van der Waals surface area contributed by atoms with Crippen LogP contribution in [0.5, 0.6) is 0 Å². The van der Waals surface area contributed by atoms with Crippen molar-refractivity contribution in [1.29, 1.82) is 0 Å². The van der Waals surface area contributed by atoms with Crippen LogP contribution in [0, 0.1) is 17.5 Å². The number of anilines is 1. The monoisotopic (exact) mass is 470 g/mol. The second-order valence-electron chi connectivity index (χ2n) is 8.82. The fourth-order valence-corrected chi connectivity index (χ4v) is 5.29. The van der Waals surface area contributed by atoms with Crippen molar-refractivity contribution >= 4 is 23.2 Å². The van der Waals surface area contributed by atoms with Crippen LogP contribution >= 0.6 is 11.6 Å². The number of rotatable bonds is 3. The van der Waals surface area contributed by atoms with Crippen molar-refractivity contribution < 1.29 is 18.0 Å². The minimum atomic E-state index is -0.464. The summed E-state index contributed by atoms with van der Waals surface area (Å²) >= 11 is 6.28. The highest BCUT2D eigenvalue weighted by Crippen LogP contribution is 2.48. The van der Waals surface area contributed by atoms with Crippen LogP contribution in [0.3, 0.4) is 0 Å². The van der Waals surface area contributed by atoms with Crippen molar-refractivity contribution in [2.75, 3.05) is 24.5 Å². The third-order valence-electron chi connectivity index (χ3n) is 6.85. The predicted octanol–water partition coefficient (Wildman–Crippen LogP) is 5.95. The number of nitrogens with zero attached hydrogens (tertiary/aromatic N) is 2. The number of benzene rings is 3. The number of carbonyl (C=O) groups is 1. The van der Waals surface area contributed by atoms with Crippen LogP contribution in [0.1, 0.15) is 34.3 Å². The van der Waals surface area contributed by atoms with E-state index >= 15 is 0 Å². The zero-order valence-electron chi connectivity index (χ0n) is 17.8. The molecule has 3 aromatic carbocycles. The maximum absolute atomic E-state index is 14.2. The molecule has 1 saturated heterocycles. The molecule has 0 aliphatic carbocycles. The third-order valence-corrected chi connectivity index (χ3v) is 7.18. The molecule has 7 heteroatoms. The number of hydrogen-bond donors (Lipinski definition) is 0. The Morgan fingerprint density at radius 3 is 2.39 bits per heavy atom. The Kier molecular flexibility index (Phi) is 5.67. The average molecular weight is 471 g/mol. The molecule has 3 aromatic rings. The van der Waals surface area contributed by atoms with Crippen LogP contribution in [0.25, 0.3) is 0 Å². The van der Waals surface area contributed by atoms with E-state index in [1.165, 1.54) is 18.2 Å². The van der Waals surface area contributed by atoms with Gasteiger partial charge in [0.1, 0.15) is 17.5 Å². The second kappa shape index (κ2) is 8.50. The van der Waals surface area contributed by atoms with Crippen LogP contribution in [-0.4, -0.2) is 30.4 Å². The molecule has 5 rings (SSSR count). The highest BCUT2D eigenvalue weighted by atomic mass is 35.5. The Morgan fingerprint density at radius 1 is 0.939 bits per heavy atom. The fraction of sp³-hybridized carbons (Fsp3) is 0.269. The van der Waals surface area contributed by atoms with E-state index in [0.29, 0.717) is 60.9 Å². The first kappa shape index (κ1) is 22.0. The Morgan fingerprint density at radius 2 is 1.64 bits per heavy atom. The van der Waals surface area contributed by atoms with Gasteiger partial charge < -0.3 is 4.90 Å². The molecule has 170 valence electrons. The summed E-state index contributed by atoms with van der Waals surface area (Å²) in [7, 11) is 0. The van der Waals surface area contributed by atoms with E-state index in [1.54, 1.807) is 35.2 Å². The maximum Gasteiger partial charge on any atom is 0.259 e. The summed E-state index contributed by atoms with van der Waals surface area (Å²) < 4.78 is 41.9. The molecule has 1 amide bonds. The van der Waals surface area contributed by atoms with Crippen LogP contribution in [0.4, 0.5) is 18.9 Å². The van der Waals surface area contributed by atoms with Gasteiger partial charge in [0.05, 0.1) is 10.6 Å². The summed E-state index contributed by atoms with van der Waals surface area (Å²) in [5.41, 5.74) is 1.85. The summed E-state index contributed by atoms with van der Waals surface area (Å²) in [6, 6.07) is 14.9. The number of fused-ring (bicyclic) bond motifs is 2. The molecule has 1 fully saturated rings. The molecule has 33 heavy (non-hydrogen) atoms. The first-order valence-electron chi connectivity index (χ1n) is 10.9. The lowest BCUT2D eigenvalue weighted by molar-refractivity contribution is 0.0975. The van der Waals surface area contributed by atoms with Crippen molar-refractivity contribution in [3.05, 3.63) is 99.8 Å². The van der Waals surface area contributed by atoms with Crippen LogP contribution < -0.4 is 4.90 Å². The number of halogens is 4. The van der Waals surface area contributed by atoms with E-state index in [9.17, 15) is 18.0 Å². The molecule has 0 N–H and O–H groups in total. The lowest BCUT2D eigenvalue weighted by Gasteiger charge is -2.40. The van der Waals surface area contributed by atoms with Gasteiger partial charge in [-0.25, -0.2) is 13.2 Å². The van der Waals surface area contributed by atoms with E-state index in [0.717, 1.165) is 17.7 Å². The Hall–Kier alpha value is -2.83. The molecular weight excluding hydrogens is 449 g/mol. The zero-order valence-corrected chi connectivity index (χ0v) is 18.6. The summed E-state index contributed by atoms with van der Waals surface area (Å²) in [6.07, 6.45) is 1.35. The molecule has 0 aromatic heterocycles. The van der Waals surface area contributed by atoms with Gasteiger partial charge in [-0.05, 0) is 80.0 Å². The van der Waals surface area contributed by atoms with Crippen molar-refractivity contribution in [1.82, 2.24) is 4.90 Å². The lowest BCUT2D eigenvalue weighted by Crippen LogP contribution is -2.46. The first-order valence-corrected chi connectivity index (χ1v) is 11.3. The van der Waals surface area contributed by atoms with E-state index < -0.39 is 17.0 Å². The summed E-state index contributed by atoms with van der Waals surface area (Å²) in [5.74, 6) is -1.45. The minimum Gasteiger partial charge on any atom is -0.307 e. The Balaban J connectivity index is 1.40. The predicted molar refractivity (Wildman–Crippen MR) is 122 cm³/mol. The smallest absolute Gasteiger partial charge is 0.259 e. The largest absolute Gasteiger partial charge is 0.307 e. The molecule has 0 saturated carbocycles. The number of piperidine rings is 1. The van der Waals surface area contributed by atoms with Crippen LogP contribution in [-0.2, 0) is 12.0 Å². The first-order chi connectivity index (χ1) is 15.9. The molecule has 0 bridgehead atoms. The van der Waals surface area contributed by atoms with Gasteiger partial charge in [0.2, 0.25) is 0 Å². The molecule has 2 aliphatic heterocycles. The highest BCUT2D eigenvalue weighted by molar-refractivity contribution is 6.34. The fourth-order valence-electron chi connectivity index (χ4n) is 5.07. The maximum atomic E-state index is 14.2. The van der Waals surface area contributed by atoms with Crippen molar-refractivity contribution in [3.63, 3.8) is 0 Å². The molecule has 0 radical (unpaired) electrons. The summed E-state index contributed by atoms with van der Waals surface area (Å²) in [4.78, 5) is 17.1. The highest BCUT2D eigenvalue weighted by Gasteiger charge is 2.46. The Bertz CT molecular complexity index is 1220. The molecule has 2 aliphatic rings. The van der Waals surface area contributed by atoms with Gasteiger partial charge in [-0.3, -0.25) is 9.69 Å². The van der Waals surface area contributed by atoms with Crippen molar-refractivity contribution in [2.45, 2.75) is 24.8 Å². The van der Waals surface area contributed by atoms with E-state index in [1.807, 2.05) is 0 Å². The number of likely N-dealkylation sites (tertiary alicyclic amines) is 1. The lowest BCUT2D eigenvalue weighted by atomic mass is 9.74. The van der Waals surface area contributed by atoms with Gasteiger partial charge in [0.15, 0.2) is 0 Å². The van der Waals surface area contributed by atoms with Gasteiger partial charge in [-0.1, -0.05) is 23.7 Å². The second-order valence-corrected chi connectivity index (χ2v) is 9.23. The van der Waals surface area contributed by atoms with Gasteiger partial charge in [-0.15, -0.1) is 0 Å². The molecule has 3 nitrogen and oxygen atoms in total. The van der Waals surface area contributed by atoms with Gasteiger partial charge in [0.25, 0.3) is 5.91 Å². The van der Waals surface area contributed by atoms with Crippen LogP contribution in [0.15, 0.2) is 60.7 Å². The standard InChI is InChI=1S/C26H22ClF3N2O/c27-22-4-2-1-3-20(22)25(33)32-16-26(21-14-19(29)6-8-24(21)32)9-11-31(12-10-26)15-17-13-18(28)5-7-23(17)30/h1-8,13-14H,9-12,15-16H2. The van der Waals surface area contributed by atoms with E-state index in [4.69, 9.17) is 11.6 Å². The third kappa shape index (κ3) is 4.02. The molecule has 1 spiro atoms. The van der Waals surface area contributed by atoms with Crippen molar-refractivity contribution in [2.24, 2.45) is 0 Å². The van der Waals surface area contributed by atoms with Crippen molar-refractivity contribution in [3.8, 4) is 0 Å². The molecule has 0 unspecified atom stereocenters. The van der Waals surface area contributed by atoms with Gasteiger partial charge in [-0.2, -0.15) is 0 Å². The minimum absolute atomic E-state index is 0.213. The number of hydrogen-bond acceptors (Lipinski definition) is 2. The van der Waals surface area contributed by atoms with Crippen LogP contribution in [0.2, 0.25) is 5.02 Å². The summed E-state index contributed by atoms with van der Waals surface area (Å²) in [5, 5.41) is 0.374. The van der Waals surface area contributed by atoms with Gasteiger partial charge in [0, 0.05) is 29.8 Å². The Labute approximate surface area is 195 Å². The average Bonchev–Trinajstić information content (AvgIpc) is 3.11. The van der Waals surface area contributed by atoms with Gasteiger partial charge >= 0.3 is 0 Å². The summed E-state index contributed by atoms with van der Waals surface area (Å²) in [6.45, 7) is 1.98. The molecule has 2 heterocycles. The quantitative estimate of drug-likeness (QED) is 0.472. The number of amides is 1. The zero-order chi connectivity index (χ0) is 23.2. The SMILES string of the molecule is O=C(c1ccccc1Cl)N1CC2(CCN(Cc3cc(F)ccc3F)CC2)c2cc(F)ccc21. The van der Waals surface area contributed by atoms with E-state index in [2.05, 4.69) is 4.90 Å². The normalized spacial score (nSPS) is 17.4. The molecule has 0 atom stereocenters. The number of carbonyl (C=O) groups excluding carboxylic acids is 1. The topological polar surface area (TPSA) is 23.6 Å².